The Morgan fingerprint density at radius 1 is 1.07 bits per heavy atom. The van der Waals surface area contributed by atoms with Gasteiger partial charge in [-0.05, 0) is 43.0 Å². The van der Waals surface area contributed by atoms with E-state index >= 15 is 0 Å². The lowest BCUT2D eigenvalue weighted by atomic mass is 9.95. The van der Waals surface area contributed by atoms with Gasteiger partial charge in [-0.3, -0.25) is 24.8 Å². The summed E-state index contributed by atoms with van der Waals surface area (Å²) < 4.78 is 37.6. The number of nitrogen functional groups attached to an aromatic ring is 1. The molecule has 3 rings (SSSR count). The summed E-state index contributed by atoms with van der Waals surface area (Å²) in [4.78, 5) is 50.5. The third-order valence-corrected chi connectivity index (χ3v) is 6.33. The van der Waals surface area contributed by atoms with Crippen molar-refractivity contribution >= 4 is 35.3 Å². The van der Waals surface area contributed by atoms with E-state index in [9.17, 15) is 32.7 Å². The Kier molecular flexibility index (Phi) is 12.7. The number of piperidine rings is 1. The highest BCUT2D eigenvalue weighted by molar-refractivity contribution is 5.95. The van der Waals surface area contributed by atoms with E-state index in [1.807, 2.05) is 12.1 Å². The van der Waals surface area contributed by atoms with Gasteiger partial charge in [0.05, 0.1) is 12.5 Å². The summed E-state index contributed by atoms with van der Waals surface area (Å²) >= 11 is 0. The Labute approximate surface area is 244 Å². The van der Waals surface area contributed by atoms with E-state index in [2.05, 4.69) is 15.2 Å². The Hall–Kier alpha value is -4.89. The number of aliphatic carboxylic acids is 3. The fourth-order valence-corrected chi connectivity index (χ4v) is 4.13. The normalized spacial score (nSPS) is 14.1. The number of hydrogen-bond acceptors (Lipinski definition) is 8. The topological polar surface area (TPSA) is 216 Å². The summed E-state index contributed by atoms with van der Waals surface area (Å²) in [6, 6.07) is 7.81. The van der Waals surface area contributed by atoms with Gasteiger partial charge in [0.25, 0.3) is 0 Å². The van der Waals surface area contributed by atoms with Crippen LogP contribution in [0.3, 0.4) is 0 Å². The van der Waals surface area contributed by atoms with Gasteiger partial charge < -0.3 is 36.0 Å². The smallest absolute Gasteiger partial charge is 0.490 e. The summed E-state index contributed by atoms with van der Waals surface area (Å²) in [6.45, 7) is 1.27. The van der Waals surface area contributed by atoms with Gasteiger partial charge >= 0.3 is 24.1 Å². The number of hydrogen-bond donors (Lipinski definition) is 6. The van der Waals surface area contributed by atoms with Gasteiger partial charge in [0.2, 0.25) is 5.91 Å². The Bertz CT molecular complexity index is 1290. The largest absolute Gasteiger partial charge is 0.491 e. The van der Waals surface area contributed by atoms with E-state index in [-0.39, 0.29) is 43.5 Å². The fourth-order valence-electron chi connectivity index (χ4n) is 4.13. The van der Waals surface area contributed by atoms with Crippen LogP contribution in [0.4, 0.5) is 18.9 Å². The summed E-state index contributed by atoms with van der Waals surface area (Å²) in [5.41, 5.74) is 7.59. The number of ether oxygens (including phenoxy) is 1. The van der Waals surface area contributed by atoms with Crippen LogP contribution < -0.4 is 20.7 Å². The Morgan fingerprint density at radius 2 is 1.67 bits per heavy atom. The molecule has 0 aliphatic carbocycles. The number of pyridine rings is 1. The molecule has 7 N–H and O–H groups in total. The highest BCUT2D eigenvalue weighted by atomic mass is 19.4. The van der Waals surface area contributed by atoms with E-state index in [4.69, 9.17) is 30.9 Å². The number of aromatic nitrogens is 1. The van der Waals surface area contributed by atoms with Crippen molar-refractivity contribution in [3.05, 3.63) is 53.9 Å². The maximum Gasteiger partial charge on any atom is 0.490 e. The number of amidine groups is 1. The molecule has 0 radical (unpaired) electrons. The number of alkyl halides is 3. The standard InChI is InChI=1S/C25H31N5O6.C2HF3O2/c26-24(27)18-2-1-16(3-4-22(31)32)21(13-18)36-15-19(14-23(33)34)29-25(35)17-7-11-30(12-8-17)20-5-9-28-10-6-20;3-2(4,5)1(6)7/h1-2,5-6,9-10,13,17,19H,3-4,7-8,11-12,14-15H2,(H3,26,27)(H,29,35)(H,31,32)(H,33,34);(H,6,7)/t19-;/m1./s1. The predicted molar refractivity (Wildman–Crippen MR) is 146 cm³/mol. The van der Waals surface area contributed by atoms with Crippen LogP contribution in [0.25, 0.3) is 0 Å². The fraction of sp³-hybridized carbons (Fsp3) is 0.407. The van der Waals surface area contributed by atoms with E-state index in [1.165, 1.54) is 6.07 Å². The zero-order chi connectivity index (χ0) is 32.2. The predicted octanol–water partition coefficient (Wildman–Crippen LogP) is 2.27. The van der Waals surface area contributed by atoms with Gasteiger partial charge in [0.1, 0.15) is 18.2 Å². The Morgan fingerprint density at radius 3 is 2.19 bits per heavy atom. The lowest BCUT2D eigenvalue weighted by Crippen LogP contribution is -2.46. The molecule has 1 aliphatic heterocycles. The molecule has 1 saturated heterocycles. The zero-order valence-electron chi connectivity index (χ0n) is 22.8. The number of nitrogens with one attached hydrogen (secondary N) is 2. The molecule has 43 heavy (non-hydrogen) atoms. The van der Waals surface area contributed by atoms with Crippen molar-refractivity contribution < 1.29 is 52.4 Å². The molecule has 2 heterocycles. The third kappa shape index (κ3) is 11.9. The number of carbonyl (C=O) groups is 4. The van der Waals surface area contributed by atoms with Gasteiger partial charge in [-0.1, -0.05) is 12.1 Å². The van der Waals surface area contributed by atoms with Crippen molar-refractivity contribution in [1.29, 1.82) is 5.41 Å². The van der Waals surface area contributed by atoms with Gasteiger partial charge in [-0.15, -0.1) is 0 Å². The lowest BCUT2D eigenvalue weighted by Gasteiger charge is -2.33. The number of aryl methyl sites for hydroxylation is 1. The molecule has 16 heteroatoms. The van der Waals surface area contributed by atoms with Crippen LogP contribution in [0.5, 0.6) is 5.75 Å². The van der Waals surface area contributed by atoms with Crippen LogP contribution in [0.15, 0.2) is 42.7 Å². The summed E-state index contributed by atoms with van der Waals surface area (Å²) in [7, 11) is 0. The molecule has 234 valence electrons. The van der Waals surface area contributed by atoms with Crippen molar-refractivity contribution in [1.82, 2.24) is 10.3 Å². The molecule has 1 atom stereocenters. The summed E-state index contributed by atoms with van der Waals surface area (Å²) in [6.07, 6.45) is -0.631. The first-order valence-corrected chi connectivity index (χ1v) is 13.0. The molecule has 0 unspecified atom stereocenters. The van der Waals surface area contributed by atoms with Crippen LogP contribution in [0.2, 0.25) is 0 Å². The number of nitrogens with zero attached hydrogens (tertiary/aromatic N) is 2. The number of carbonyl (C=O) groups excluding carboxylic acids is 1. The van der Waals surface area contributed by atoms with Gasteiger partial charge in [0.15, 0.2) is 0 Å². The minimum Gasteiger partial charge on any atom is -0.491 e. The molecule has 0 spiro atoms. The van der Waals surface area contributed by atoms with Crippen LogP contribution in [-0.4, -0.2) is 81.9 Å². The molecule has 1 aromatic heterocycles. The third-order valence-electron chi connectivity index (χ3n) is 6.33. The quantitative estimate of drug-likeness (QED) is 0.151. The SMILES string of the molecule is N=C(N)c1ccc(CCC(=O)O)c(OC[C@@H](CC(=O)O)NC(=O)C2CCN(c3ccncc3)CC2)c1.O=C(O)C(F)(F)F. The molecular formula is C27H32F3N5O8. The van der Waals surface area contributed by atoms with Gasteiger partial charge in [-0.25, -0.2) is 4.79 Å². The number of benzene rings is 1. The number of anilines is 1. The minimum absolute atomic E-state index is 0.122. The van der Waals surface area contributed by atoms with Crippen molar-refractivity contribution in [2.24, 2.45) is 11.7 Å². The number of carboxylic acid groups (broad SMARTS) is 3. The number of carboxylic acids is 3. The first-order valence-electron chi connectivity index (χ1n) is 13.0. The molecule has 13 nitrogen and oxygen atoms in total. The molecule has 0 saturated carbocycles. The number of nitrogens with two attached hydrogens (primary N) is 1. The average Bonchev–Trinajstić information content (AvgIpc) is 2.95. The van der Waals surface area contributed by atoms with Gasteiger partial charge in [-0.2, -0.15) is 13.2 Å². The molecule has 1 aliphatic rings. The van der Waals surface area contributed by atoms with Crippen LogP contribution in [-0.2, 0) is 25.6 Å². The van der Waals surface area contributed by atoms with Crippen molar-refractivity contribution in [3.63, 3.8) is 0 Å². The van der Waals surface area contributed by atoms with E-state index in [0.717, 1.165) is 5.69 Å². The van der Waals surface area contributed by atoms with E-state index in [1.54, 1.807) is 24.5 Å². The second kappa shape index (κ2) is 15.9. The monoisotopic (exact) mass is 611 g/mol. The van der Waals surface area contributed by atoms with Crippen LogP contribution in [0, 0.1) is 11.3 Å². The molecular weight excluding hydrogens is 579 g/mol. The van der Waals surface area contributed by atoms with Crippen molar-refractivity contribution in [2.45, 2.75) is 44.3 Å². The number of amides is 1. The van der Waals surface area contributed by atoms with Crippen molar-refractivity contribution in [2.75, 3.05) is 24.6 Å². The molecule has 1 aromatic carbocycles. The highest BCUT2D eigenvalue weighted by Gasteiger charge is 2.38. The minimum atomic E-state index is -5.08. The zero-order valence-corrected chi connectivity index (χ0v) is 22.8. The maximum absolute atomic E-state index is 12.9. The first-order chi connectivity index (χ1) is 20.2. The second-order valence-electron chi connectivity index (χ2n) is 9.51. The van der Waals surface area contributed by atoms with Gasteiger partial charge in [0, 0.05) is 49.1 Å². The molecule has 2 aromatic rings. The molecule has 1 fully saturated rings. The molecule has 1 amide bonds. The van der Waals surface area contributed by atoms with Crippen LogP contribution in [0.1, 0.15) is 36.8 Å². The van der Waals surface area contributed by atoms with Crippen LogP contribution >= 0.6 is 0 Å². The number of rotatable bonds is 12. The van der Waals surface area contributed by atoms with E-state index < -0.39 is 30.1 Å². The number of halogens is 3. The summed E-state index contributed by atoms with van der Waals surface area (Å²) in [5.74, 6) is -5.15. The molecule has 0 bridgehead atoms. The van der Waals surface area contributed by atoms with Crippen molar-refractivity contribution in [3.8, 4) is 5.75 Å². The second-order valence-corrected chi connectivity index (χ2v) is 9.51. The Balaban J connectivity index is 0.000000821. The average molecular weight is 612 g/mol. The summed E-state index contributed by atoms with van der Waals surface area (Å²) in [5, 5.41) is 36.0. The maximum atomic E-state index is 12.9. The van der Waals surface area contributed by atoms with E-state index in [0.29, 0.717) is 42.8 Å². The first kappa shape index (κ1) is 34.3. The lowest BCUT2D eigenvalue weighted by molar-refractivity contribution is -0.192. The highest BCUT2D eigenvalue weighted by Crippen LogP contribution is 2.24.